The van der Waals surface area contributed by atoms with Crippen molar-refractivity contribution in [2.45, 2.75) is 57.1 Å². The molecule has 0 N–H and O–H groups in total. The van der Waals surface area contributed by atoms with Crippen molar-refractivity contribution < 1.29 is 4.79 Å². The topological polar surface area (TPSA) is 17.1 Å². The van der Waals surface area contributed by atoms with Crippen LogP contribution in [0.2, 0.25) is 0 Å². The largest absolute Gasteiger partial charge is 0.300 e. The molecule has 0 aromatic carbocycles. The molecule has 0 amide bonds. The van der Waals surface area contributed by atoms with Gasteiger partial charge in [-0.05, 0) is 25.7 Å². The monoisotopic (exact) mass is 232 g/mol. The molecule has 1 heterocycles. The average molecular weight is 232 g/mol. The van der Waals surface area contributed by atoms with Crippen LogP contribution in [-0.2, 0) is 4.79 Å². The van der Waals surface area contributed by atoms with Gasteiger partial charge in [-0.25, -0.2) is 0 Å². The van der Waals surface area contributed by atoms with Gasteiger partial charge in [0, 0.05) is 23.8 Å². The zero-order chi connectivity index (χ0) is 10.2. The maximum atomic E-state index is 11.2. The molecule has 1 rings (SSSR count). The lowest BCUT2D eigenvalue weighted by Gasteiger charge is -2.05. The first-order valence-electron chi connectivity index (χ1n) is 5.63. The fraction of sp³-hybridized carbons (Fsp3) is 0.909. The van der Waals surface area contributed by atoms with Crippen LogP contribution in [0, 0.1) is 0 Å². The van der Waals surface area contributed by atoms with E-state index in [1.165, 1.54) is 25.0 Å². The Bertz CT molecular complexity index is 165. The highest BCUT2D eigenvalue weighted by Gasteiger charge is 2.15. The molecule has 0 unspecified atom stereocenters. The molecule has 1 fully saturated rings. The lowest BCUT2D eigenvalue weighted by molar-refractivity contribution is -0.119. The van der Waals surface area contributed by atoms with Gasteiger partial charge in [0.05, 0.1) is 0 Å². The van der Waals surface area contributed by atoms with E-state index in [2.05, 4.69) is 6.92 Å². The molecule has 0 radical (unpaired) electrons. The summed E-state index contributed by atoms with van der Waals surface area (Å²) in [6.45, 7) is 2.07. The van der Waals surface area contributed by atoms with Gasteiger partial charge in [-0.2, -0.15) is 0 Å². The summed E-state index contributed by atoms with van der Waals surface area (Å²) >= 11 is 0. The summed E-state index contributed by atoms with van der Waals surface area (Å²) in [6, 6.07) is 0. The Hall–Kier alpha value is 0.370. The Morgan fingerprint density at radius 2 is 2.21 bits per heavy atom. The second-order valence-corrected chi connectivity index (χ2v) is 6.65. The number of ketones is 1. The first kappa shape index (κ1) is 12.4. The molecule has 0 aromatic heterocycles. The summed E-state index contributed by atoms with van der Waals surface area (Å²) in [5, 5.41) is 0.876. The predicted octanol–water partition coefficient (Wildman–Crippen LogP) is 4.07. The van der Waals surface area contributed by atoms with Crippen molar-refractivity contribution in [2.75, 3.05) is 5.75 Å². The molecule has 0 aromatic rings. The summed E-state index contributed by atoms with van der Waals surface area (Å²) < 4.78 is 0. The molecule has 0 saturated carbocycles. The molecular formula is C11H20OS2. The number of rotatable bonds is 7. The maximum absolute atomic E-state index is 11.2. The molecule has 1 saturated heterocycles. The van der Waals surface area contributed by atoms with Crippen LogP contribution in [-0.4, -0.2) is 16.8 Å². The molecule has 14 heavy (non-hydrogen) atoms. The Labute approximate surface area is 95.2 Å². The molecular weight excluding hydrogens is 212 g/mol. The fourth-order valence-corrected chi connectivity index (χ4v) is 4.69. The lowest BCUT2D eigenvalue weighted by atomic mass is 10.1. The number of hydrogen-bond donors (Lipinski definition) is 0. The maximum Gasteiger partial charge on any atom is 0.132 e. The van der Waals surface area contributed by atoms with Gasteiger partial charge in [0.1, 0.15) is 5.78 Å². The zero-order valence-corrected chi connectivity index (χ0v) is 10.6. The van der Waals surface area contributed by atoms with Crippen molar-refractivity contribution in [3.63, 3.8) is 0 Å². The molecule has 1 aliphatic rings. The summed E-state index contributed by atoms with van der Waals surface area (Å²) in [5.41, 5.74) is 0. The van der Waals surface area contributed by atoms with Crippen molar-refractivity contribution in [1.29, 1.82) is 0 Å². The molecule has 0 spiro atoms. The third-order valence-electron chi connectivity index (χ3n) is 2.49. The van der Waals surface area contributed by atoms with E-state index in [1.807, 2.05) is 21.6 Å². The summed E-state index contributed by atoms with van der Waals surface area (Å²) in [5.74, 6) is 1.78. The van der Waals surface area contributed by atoms with Crippen LogP contribution >= 0.6 is 21.6 Å². The van der Waals surface area contributed by atoms with Crippen LogP contribution < -0.4 is 0 Å². The summed E-state index contributed by atoms with van der Waals surface area (Å²) in [4.78, 5) is 11.2. The van der Waals surface area contributed by atoms with Gasteiger partial charge in [0.15, 0.2) is 0 Å². The van der Waals surface area contributed by atoms with E-state index in [0.717, 1.165) is 30.9 Å². The van der Waals surface area contributed by atoms with Gasteiger partial charge in [-0.1, -0.05) is 34.9 Å². The van der Waals surface area contributed by atoms with Crippen LogP contribution in [0.25, 0.3) is 0 Å². The highest BCUT2D eigenvalue weighted by Crippen LogP contribution is 2.39. The minimum atomic E-state index is 0.459. The molecule has 3 heteroatoms. The number of Topliss-reactive ketones (excluding diaryl/α,β-unsaturated/α-hetero) is 1. The highest BCUT2D eigenvalue weighted by atomic mass is 33.1. The number of carbonyl (C=O) groups excluding carboxylic acids is 1. The second-order valence-electron chi connectivity index (χ2n) is 3.86. The van der Waals surface area contributed by atoms with Crippen LogP contribution in [0.5, 0.6) is 0 Å². The van der Waals surface area contributed by atoms with Crippen molar-refractivity contribution >= 4 is 27.4 Å². The lowest BCUT2D eigenvalue weighted by Crippen LogP contribution is -2.00. The van der Waals surface area contributed by atoms with Crippen LogP contribution in [0.3, 0.4) is 0 Å². The Morgan fingerprint density at radius 3 is 2.86 bits per heavy atom. The van der Waals surface area contributed by atoms with Crippen molar-refractivity contribution in [1.82, 2.24) is 0 Å². The molecule has 82 valence electrons. The number of unbranched alkanes of at least 4 members (excludes halogenated alkanes) is 1. The van der Waals surface area contributed by atoms with Gasteiger partial charge in [0.25, 0.3) is 0 Å². The molecule has 1 aliphatic heterocycles. The standard InChI is InChI=1S/C11H20OS2/c1-2-5-10(12)6-3-4-7-11-8-9-13-14-11/h11H,2-9H2,1H3/t11-/m1/s1. The van der Waals surface area contributed by atoms with E-state index in [4.69, 9.17) is 0 Å². The minimum Gasteiger partial charge on any atom is -0.300 e. The summed E-state index contributed by atoms with van der Waals surface area (Å²) in [6.07, 6.45) is 7.66. The normalized spacial score (nSPS) is 21.4. The first-order valence-corrected chi connectivity index (χ1v) is 8.01. The predicted molar refractivity (Wildman–Crippen MR) is 66.8 cm³/mol. The smallest absolute Gasteiger partial charge is 0.132 e. The molecule has 0 bridgehead atoms. The SMILES string of the molecule is CCCC(=O)CCCC[C@@H]1CCSS1. The van der Waals surface area contributed by atoms with Crippen molar-refractivity contribution in [3.05, 3.63) is 0 Å². The van der Waals surface area contributed by atoms with E-state index in [1.54, 1.807) is 0 Å². The Morgan fingerprint density at radius 1 is 1.36 bits per heavy atom. The minimum absolute atomic E-state index is 0.459. The van der Waals surface area contributed by atoms with E-state index in [-0.39, 0.29) is 0 Å². The van der Waals surface area contributed by atoms with Gasteiger partial charge >= 0.3 is 0 Å². The zero-order valence-electron chi connectivity index (χ0n) is 8.96. The van der Waals surface area contributed by atoms with Crippen LogP contribution in [0.4, 0.5) is 0 Å². The molecule has 0 aliphatic carbocycles. The quantitative estimate of drug-likeness (QED) is 0.486. The number of carbonyl (C=O) groups is 1. The van der Waals surface area contributed by atoms with Crippen molar-refractivity contribution in [2.24, 2.45) is 0 Å². The van der Waals surface area contributed by atoms with Gasteiger partial charge < -0.3 is 0 Å². The van der Waals surface area contributed by atoms with E-state index in [0.29, 0.717) is 5.78 Å². The molecule has 1 atom stereocenters. The molecule has 1 nitrogen and oxygen atoms in total. The third-order valence-corrected chi connectivity index (χ3v) is 5.49. The average Bonchev–Trinajstić information content (AvgIpc) is 2.65. The third kappa shape index (κ3) is 5.30. The van der Waals surface area contributed by atoms with Gasteiger partial charge in [0.2, 0.25) is 0 Å². The van der Waals surface area contributed by atoms with Gasteiger partial charge in [-0.15, -0.1) is 0 Å². The Kier molecular flexibility index (Phi) is 6.78. The Balaban J connectivity index is 1.90. The van der Waals surface area contributed by atoms with E-state index in [9.17, 15) is 4.79 Å². The number of hydrogen-bond acceptors (Lipinski definition) is 3. The highest BCUT2D eigenvalue weighted by molar-refractivity contribution is 8.77. The van der Waals surface area contributed by atoms with E-state index < -0.39 is 0 Å². The summed E-state index contributed by atoms with van der Waals surface area (Å²) in [7, 11) is 4.05. The first-order chi connectivity index (χ1) is 6.83. The van der Waals surface area contributed by atoms with Crippen LogP contribution in [0.15, 0.2) is 0 Å². The van der Waals surface area contributed by atoms with E-state index >= 15 is 0 Å². The second kappa shape index (κ2) is 7.63. The van der Waals surface area contributed by atoms with Gasteiger partial charge in [-0.3, -0.25) is 4.79 Å². The van der Waals surface area contributed by atoms with Crippen molar-refractivity contribution in [3.8, 4) is 0 Å². The van der Waals surface area contributed by atoms with Crippen LogP contribution in [0.1, 0.15) is 51.9 Å². The fourth-order valence-electron chi connectivity index (χ4n) is 1.66.